The number of hydrogen-bond acceptors (Lipinski definition) is 1. The zero-order valence-electron chi connectivity index (χ0n) is 9.37. The summed E-state index contributed by atoms with van der Waals surface area (Å²) in [6, 6.07) is 14.4. The first-order chi connectivity index (χ1) is 8.25. The maximum Gasteiger partial charge on any atom is 0.139 e. The Bertz CT molecular complexity index is 653. The highest BCUT2D eigenvalue weighted by Crippen LogP contribution is 2.26. The van der Waals surface area contributed by atoms with Crippen molar-refractivity contribution in [3.8, 4) is 11.4 Å². The molecule has 0 saturated carbocycles. The minimum absolute atomic E-state index is 0.944. The van der Waals surface area contributed by atoms with Crippen LogP contribution in [-0.2, 0) is 0 Å². The second-order valence-electron chi connectivity index (χ2n) is 4.04. The van der Waals surface area contributed by atoms with Gasteiger partial charge in [0.15, 0.2) is 0 Å². The Morgan fingerprint density at radius 1 is 1.06 bits per heavy atom. The van der Waals surface area contributed by atoms with Crippen molar-refractivity contribution in [1.82, 2.24) is 9.97 Å². The molecule has 0 aliphatic heterocycles. The van der Waals surface area contributed by atoms with Gasteiger partial charge in [0.1, 0.15) is 5.82 Å². The highest BCUT2D eigenvalue weighted by Gasteiger charge is 2.09. The van der Waals surface area contributed by atoms with Crippen LogP contribution < -0.4 is 0 Å². The minimum Gasteiger partial charge on any atom is -0.338 e. The van der Waals surface area contributed by atoms with Crippen LogP contribution in [0.4, 0.5) is 0 Å². The van der Waals surface area contributed by atoms with E-state index < -0.39 is 0 Å². The average molecular weight is 334 g/mol. The normalized spacial score (nSPS) is 10.9. The van der Waals surface area contributed by atoms with E-state index in [0.717, 1.165) is 16.9 Å². The number of fused-ring (bicyclic) bond motifs is 1. The predicted molar refractivity (Wildman–Crippen MR) is 79.0 cm³/mol. The van der Waals surface area contributed by atoms with Crippen molar-refractivity contribution in [2.75, 3.05) is 0 Å². The fraction of sp³-hybridized carbons (Fsp3) is 0.0714. The fourth-order valence-electron chi connectivity index (χ4n) is 1.91. The Morgan fingerprint density at radius 2 is 1.88 bits per heavy atom. The molecule has 3 aromatic rings. The number of nitrogens with one attached hydrogen (secondary N) is 1. The second kappa shape index (κ2) is 4.14. The van der Waals surface area contributed by atoms with Crippen LogP contribution in [0.25, 0.3) is 22.4 Å². The third-order valence-electron chi connectivity index (χ3n) is 2.84. The Hall–Kier alpha value is -1.36. The highest BCUT2D eigenvalue weighted by atomic mass is 127. The number of aromatic nitrogens is 2. The van der Waals surface area contributed by atoms with Crippen LogP contribution in [0.5, 0.6) is 0 Å². The Balaban J connectivity index is 2.24. The van der Waals surface area contributed by atoms with E-state index in [4.69, 9.17) is 0 Å². The Kier molecular flexibility index (Phi) is 2.63. The molecule has 0 unspecified atom stereocenters. The highest BCUT2D eigenvalue weighted by molar-refractivity contribution is 14.1. The lowest BCUT2D eigenvalue weighted by Crippen LogP contribution is -1.87. The van der Waals surface area contributed by atoms with Gasteiger partial charge in [-0.05, 0) is 47.2 Å². The number of aromatic amines is 1. The molecule has 0 radical (unpaired) electrons. The molecule has 2 aromatic carbocycles. The molecule has 2 nitrogen and oxygen atoms in total. The van der Waals surface area contributed by atoms with Gasteiger partial charge in [0.2, 0.25) is 0 Å². The Labute approximate surface area is 113 Å². The first-order valence-corrected chi connectivity index (χ1v) is 6.54. The van der Waals surface area contributed by atoms with Crippen LogP contribution in [-0.4, -0.2) is 9.97 Å². The quantitative estimate of drug-likeness (QED) is 0.666. The van der Waals surface area contributed by atoms with Crippen molar-refractivity contribution in [2.45, 2.75) is 6.92 Å². The summed E-state index contributed by atoms with van der Waals surface area (Å²) >= 11 is 2.37. The van der Waals surface area contributed by atoms with Gasteiger partial charge >= 0.3 is 0 Å². The zero-order valence-corrected chi connectivity index (χ0v) is 11.5. The third-order valence-corrected chi connectivity index (χ3v) is 4.27. The molecule has 3 rings (SSSR count). The summed E-state index contributed by atoms with van der Waals surface area (Å²) in [6.45, 7) is 2.12. The second-order valence-corrected chi connectivity index (χ2v) is 5.12. The molecule has 0 atom stereocenters. The molecule has 0 bridgehead atoms. The number of rotatable bonds is 1. The van der Waals surface area contributed by atoms with E-state index in [1.807, 2.05) is 18.2 Å². The van der Waals surface area contributed by atoms with Crippen LogP contribution in [0.2, 0.25) is 0 Å². The van der Waals surface area contributed by atoms with Crippen molar-refractivity contribution in [3.63, 3.8) is 0 Å². The SMILES string of the molecule is Cc1cccc(-c2nc3ccccc3[nH]2)c1I. The molecule has 0 spiro atoms. The van der Waals surface area contributed by atoms with Crippen molar-refractivity contribution in [2.24, 2.45) is 0 Å². The number of nitrogens with zero attached hydrogens (tertiary/aromatic N) is 1. The number of aryl methyl sites for hydroxylation is 1. The van der Waals surface area contributed by atoms with E-state index >= 15 is 0 Å². The van der Waals surface area contributed by atoms with E-state index in [0.29, 0.717) is 0 Å². The first kappa shape index (κ1) is 10.8. The van der Waals surface area contributed by atoms with Gasteiger partial charge in [-0.25, -0.2) is 4.98 Å². The lowest BCUT2D eigenvalue weighted by molar-refractivity contribution is 1.31. The molecule has 17 heavy (non-hydrogen) atoms. The van der Waals surface area contributed by atoms with Gasteiger partial charge < -0.3 is 4.98 Å². The Morgan fingerprint density at radius 3 is 2.71 bits per heavy atom. The molecule has 1 heterocycles. The van der Waals surface area contributed by atoms with Crippen LogP contribution in [0.3, 0.4) is 0 Å². The van der Waals surface area contributed by atoms with Gasteiger partial charge in [-0.1, -0.05) is 30.3 Å². The van der Waals surface area contributed by atoms with Crippen LogP contribution in [0.15, 0.2) is 42.5 Å². The molecule has 0 aliphatic rings. The van der Waals surface area contributed by atoms with Crippen LogP contribution >= 0.6 is 22.6 Å². The number of para-hydroxylation sites is 2. The molecule has 84 valence electrons. The van der Waals surface area contributed by atoms with E-state index in [2.05, 4.69) is 63.7 Å². The monoisotopic (exact) mass is 334 g/mol. The summed E-state index contributed by atoms with van der Waals surface area (Å²) in [4.78, 5) is 7.99. The van der Waals surface area contributed by atoms with Gasteiger partial charge in [-0.15, -0.1) is 0 Å². The molecule has 1 aromatic heterocycles. The van der Waals surface area contributed by atoms with Gasteiger partial charge in [0.05, 0.1) is 11.0 Å². The van der Waals surface area contributed by atoms with Gasteiger partial charge in [0.25, 0.3) is 0 Å². The summed E-state index contributed by atoms with van der Waals surface area (Å²) < 4.78 is 1.25. The summed E-state index contributed by atoms with van der Waals surface area (Å²) in [6.07, 6.45) is 0. The third kappa shape index (κ3) is 1.84. The lowest BCUT2D eigenvalue weighted by atomic mass is 10.1. The minimum atomic E-state index is 0.944. The van der Waals surface area contributed by atoms with Crippen molar-refractivity contribution >= 4 is 33.6 Å². The fourth-order valence-corrected chi connectivity index (χ4v) is 2.53. The molecule has 0 saturated heterocycles. The van der Waals surface area contributed by atoms with E-state index in [-0.39, 0.29) is 0 Å². The smallest absolute Gasteiger partial charge is 0.139 e. The lowest BCUT2D eigenvalue weighted by Gasteiger charge is -2.03. The van der Waals surface area contributed by atoms with Crippen molar-refractivity contribution in [1.29, 1.82) is 0 Å². The van der Waals surface area contributed by atoms with Gasteiger partial charge in [-0.2, -0.15) is 0 Å². The molecule has 0 aliphatic carbocycles. The number of imidazole rings is 1. The number of H-pyrrole nitrogens is 1. The maximum atomic E-state index is 4.62. The van der Waals surface area contributed by atoms with Gasteiger partial charge in [-0.3, -0.25) is 0 Å². The average Bonchev–Trinajstić information content (AvgIpc) is 2.76. The summed E-state index contributed by atoms with van der Waals surface area (Å²) in [5.41, 5.74) is 4.55. The topological polar surface area (TPSA) is 28.7 Å². The molecule has 1 N–H and O–H groups in total. The van der Waals surface area contributed by atoms with Crippen LogP contribution in [0, 0.1) is 10.5 Å². The van der Waals surface area contributed by atoms with E-state index in [1.165, 1.54) is 14.7 Å². The van der Waals surface area contributed by atoms with Crippen molar-refractivity contribution in [3.05, 3.63) is 51.6 Å². The van der Waals surface area contributed by atoms with Crippen molar-refractivity contribution < 1.29 is 0 Å². The molecule has 0 fully saturated rings. The zero-order chi connectivity index (χ0) is 11.8. The summed E-state index contributed by atoms with van der Waals surface area (Å²) in [5, 5.41) is 0. The number of benzene rings is 2. The maximum absolute atomic E-state index is 4.62. The number of halogens is 1. The predicted octanol–water partition coefficient (Wildman–Crippen LogP) is 4.14. The van der Waals surface area contributed by atoms with Gasteiger partial charge in [0, 0.05) is 9.13 Å². The first-order valence-electron chi connectivity index (χ1n) is 5.46. The summed E-state index contributed by atoms with van der Waals surface area (Å²) in [5.74, 6) is 0.944. The number of hydrogen-bond donors (Lipinski definition) is 1. The van der Waals surface area contributed by atoms with E-state index in [1.54, 1.807) is 0 Å². The van der Waals surface area contributed by atoms with E-state index in [9.17, 15) is 0 Å². The molecular weight excluding hydrogens is 323 g/mol. The molecule has 0 amide bonds. The standard InChI is InChI=1S/C14H11IN2/c1-9-5-4-6-10(13(9)15)14-16-11-7-2-3-8-12(11)17-14/h2-8H,1H3,(H,16,17). The van der Waals surface area contributed by atoms with Crippen LogP contribution in [0.1, 0.15) is 5.56 Å². The molecular formula is C14H11IN2. The molecule has 3 heteroatoms. The summed E-state index contributed by atoms with van der Waals surface area (Å²) in [7, 11) is 0. The largest absolute Gasteiger partial charge is 0.338 e.